The van der Waals surface area contributed by atoms with Gasteiger partial charge in [0, 0.05) is 36.8 Å². The first-order chi connectivity index (χ1) is 11.2. The summed E-state index contributed by atoms with van der Waals surface area (Å²) in [7, 11) is 0. The average molecular weight is 311 g/mol. The molecule has 0 amide bonds. The van der Waals surface area contributed by atoms with Gasteiger partial charge in [-0.25, -0.2) is 19.0 Å². The first-order valence-corrected chi connectivity index (χ1v) is 7.46. The second-order valence-electron chi connectivity index (χ2n) is 5.20. The number of pyridine rings is 1. The molecule has 0 unspecified atom stereocenters. The Hall–Kier alpha value is -2.89. The lowest BCUT2D eigenvalue weighted by molar-refractivity contribution is 0.628. The van der Waals surface area contributed by atoms with Gasteiger partial charge in [-0.1, -0.05) is 19.1 Å². The number of nitrogens with two attached hydrogens (primary N) is 1. The van der Waals surface area contributed by atoms with Crippen LogP contribution < -0.4 is 10.7 Å². The number of imidazole rings is 1. The molecule has 0 aliphatic rings. The van der Waals surface area contributed by atoms with E-state index in [0.717, 1.165) is 29.8 Å². The molecule has 0 radical (unpaired) electrons. The molecule has 2 heterocycles. The second kappa shape index (κ2) is 6.48. The molecule has 0 aliphatic heterocycles. The Kier molecular flexibility index (Phi) is 4.23. The largest absolute Gasteiger partial charge is 0.384 e. The zero-order valence-electron chi connectivity index (χ0n) is 12.9. The Labute approximate surface area is 134 Å². The Bertz CT molecular complexity index is 785. The predicted octanol–water partition coefficient (Wildman–Crippen LogP) is 3.35. The molecule has 3 aromatic rings. The van der Waals surface area contributed by atoms with Gasteiger partial charge < -0.3 is 5.73 Å². The third-order valence-electron chi connectivity index (χ3n) is 3.52. The van der Waals surface area contributed by atoms with Gasteiger partial charge in [0.25, 0.3) is 0 Å². The zero-order chi connectivity index (χ0) is 16.2. The molecule has 0 spiro atoms. The number of benzene rings is 1. The minimum absolute atomic E-state index is 0.282. The van der Waals surface area contributed by atoms with E-state index in [1.165, 1.54) is 12.1 Å². The molecule has 0 aliphatic carbocycles. The van der Waals surface area contributed by atoms with Crippen LogP contribution in [0.4, 0.5) is 15.9 Å². The van der Waals surface area contributed by atoms with Crippen molar-refractivity contribution in [2.45, 2.75) is 13.3 Å². The van der Waals surface area contributed by atoms with E-state index in [2.05, 4.69) is 16.9 Å². The summed E-state index contributed by atoms with van der Waals surface area (Å²) in [6, 6.07) is 8.27. The van der Waals surface area contributed by atoms with Crippen molar-refractivity contribution in [3.63, 3.8) is 0 Å². The van der Waals surface area contributed by atoms with E-state index in [1.807, 2.05) is 21.9 Å². The zero-order valence-corrected chi connectivity index (χ0v) is 12.9. The fourth-order valence-electron chi connectivity index (χ4n) is 2.52. The third kappa shape index (κ3) is 3.15. The topological polar surface area (TPSA) is 60.0 Å². The van der Waals surface area contributed by atoms with Crippen LogP contribution >= 0.6 is 0 Å². The van der Waals surface area contributed by atoms with Gasteiger partial charge in [-0.2, -0.15) is 0 Å². The van der Waals surface area contributed by atoms with Gasteiger partial charge in [0.2, 0.25) is 0 Å². The Balaban J connectivity index is 2.15. The van der Waals surface area contributed by atoms with Gasteiger partial charge in [0.1, 0.15) is 18.0 Å². The third-order valence-corrected chi connectivity index (χ3v) is 3.52. The number of anilines is 2. The van der Waals surface area contributed by atoms with Gasteiger partial charge >= 0.3 is 0 Å². The van der Waals surface area contributed by atoms with Crippen molar-refractivity contribution in [3.05, 3.63) is 61.1 Å². The van der Waals surface area contributed by atoms with Crippen molar-refractivity contribution in [2.24, 2.45) is 0 Å². The van der Waals surface area contributed by atoms with Crippen LogP contribution in [0.2, 0.25) is 0 Å². The molecule has 0 bridgehead atoms. The van der Waals surface area contributed by atoms with Crippen LogP contribution in [0.5, 0.6) is 0 Å². The fraction of sp³-hybridized carbons (Fsp3) is 0.176. The van der Waals surface area contributed by atoms with Crippen LogP contribution in [-0.2, 0) is 0 Å². The molecule has 1 aromatic carbocycles. The van der Waals surface area contributed by atoms with Gasteiger partial charge in [-0.15, -0.1) is 0 Å². The van der Waals surface area contributed by atoms with Crippen LogP contribution in [0.3, 0.4) is 0 Å². The van der Waals surface area contributed by atoms with Crippen molar-refractivity contribution in [1.82, 2.24) is 14.6 Å². The summed E-state index contributed by atoms with van der Waals surface area (Å²) in [4.78, 5) is 8.28. The Morgan fingerprint density at radius 2 is 2.17 bits per heavy atom. The quantitative estimate of drug-likeness (QED) is 0.785. The molecular formula is C17H18FN5. The van der Waals surface area contributed by atoms with Crippen LogP contribution in [0, 0.1) is 5.82 Å². The molecule has 0 atom stereocenters. The molecule has 6 heteroatoms. The van der Waals surface area contributed by atoms with E-state index < -0.39 is 0 Å². The molecule has 0 fully saturated rings. The van der Waals surface area contributed by atoms with Crippen molar-refractivity contribution >= 4 is 11.5 Å². The van der Waals surface area contributed by atoms with E-state index in [0.29, 0.717) is 5.82 Å². The summed E-state index contributed by atoms with van der Waals surface area (Å²) < 4.78 is 15.5. The highest BCUT2D eigenvalue weighted by Gasteiger charge is 2.15. The highest BCUT2D eigenvalue weighted by molar-refractivity contribution is 5.79. The first-order valence-electron chi connectivity index (χ1n) is 7.46. The van der Waals surface area contributed by atoms with E-state index in [-0.39, 0.29) is 5.82 Å². The van der Waals surface area contributed by atoms with Gasteiger partial charge in [-0.05, 0) is 24.1 Å². The molecule has 0 saturated carbocycles. The van der Waals surface area contributed by atoms with Crippen LogP contribution in [-0.4, -0.2) is 21.2 Å². The summed E-state index contributed by atoms with van der Waals surface area (Å²) in [5.41, 5.74) is 8.33. The van der Waals surface area contributed by atoms with Gasteiger partial charge in [-0.3, -0.25) is 5.01 Å². The summed E-state index contributed by atoms with van der Waals surface area (Å²) in [5, 5.41) is 2.05. The number of nitrogen functional groups attached to an aromatic ring is 1. The monoisotopic (exact) mass is 311 g/mol. The summed E-state index contributed by atoms with van der Waals surface area (Å²) in [5.74, 6) is 0.135. The lowest BCUT2D eigenvalue weighted by Crippen LogP contribution is -2.29. The van der Waals surface area contributed by atoms with Gasteiger partial charge in [0.05, 0.1) is 5.69 Å². The minimum Gasteiger partial charge on any atom is -0.384 e. The maximum absolute atomic E-state index is 13.6. The fourth-order valence-corrected chi connectivity index (χ4v) is 2.52. The highest BCUT2D eigenvalue weighted by Crippen LogP contribution is 2.32. The normalized spacial score (nSPS) is 10.7. The van der Waals surface area contributed by atoms with Gasteiger partial charge in [0.15, 0.2) is 0 Å². The van der Waals surface area contributed by atoms with Crippen LogP contribution in [0.15, 0.2) is 55.2 Å². The van der Waals surface area contributed by atoms with Crippen LogP contribution in [0.25, 0.3) is 11.1 Å². The van der Waals surface area contributed by atoms with Crippen molar-refractivity contribution in [1.29, 1.82) is 0 Å². The molecule has 5 nitrogen and oxygen atoms in total. The number of nitrogens with zero attached hydrogens (tertiary/aromatic N) is 4. The lowest BCUT2D eigenvalue weighted by atomic mass is 10.1. The van der Waals surface area contributed by atoms with E-state index in [1.54, 1.807) is 30.9 Å². The molecule has 2 aromatic heterocycles. The van der Waals surface area contributed by atoms with E-state index in [4.69, 9.17) is 5.73 Å². The second-order valence-corrected chi connectivity index (χ2v) is 5.20. The van der Waals surface area contributed by atoms with Crippen LogP contribution in [0.1, 0.15) is 13.3 Å². The highest BCUT2D eigenvalue weighted by atomic mass is 19.1. The minimum atomic E-state index is -0.282. The van der Waals surface area contributed by atoms with Crippen molar-refractivity contribution < 1.29 is 4.39 Å². The molecule has 23 heavy (non-hydrogen) atoms. The number of rotatable bonds is 5. The standard InChI is InChI=1S/C17H18FN5/c1-2-7-23(22-8-6-20-12-22)16-10-17(19)21-11-15(16)13-4-3-5-14(18)9-13/h3-6,8-12H,2,7H2,1H3,(H2,19,21). The van der Waals surface area contributed by atoms with Crippen molar-refractivity contribution in [2.75, 3.05) is 17.3 Å². The van der Waals surface area contributed by atoms with E-state index >= 15 is 0 Å². The summed E-state index contributed by atoms with van der Waals surface area (Å²) in [6.45, 7) is 2.86. The molecule has 118 valence electrons. The van der Waals surface area contributed by atoms with E-state index in [9.17, 15) is 4.39 Å². The SMILES string of the molecule is CCCN(c1cc(N)ncc1-c1cccc(F)c1)n1ccnc1. The van der Waals surface area contributed by atoms with Crippen molar-refractivity contribution in [3.8, 4) is 11.1 Å². The molecule has 0 saturated heterocycles. The first kappa shape index (κ1) is 15.0. The predicted molar refractivity (Wildman–Crippen MR) is 89.3 cm³/mol. The summed E-state index contributed by atoms with van der Waals surface area (Å²) in [6.07, 6.45) is 7.92. The Morgan fingerprint density at radius 3 is 2.87 bits per heavy atom. The number of hydrogen-bond acceptors (Lipinski definition) is 4. The molecule has 2 N–H and O–H groups in total. The number of hydrogen-bond donors (Lipinski definition) is 1. The number of aromatic nitrogens is 3. The maximum Gasteiger partial charge on any atom is 0.125 e. The smallest absolute Gasteiger partial charge is 0.125 e. The summed E-state index contributed by atoms with van der Waals surface area (Å²) >= 11 is 0. The molecule has 3 rings (SSSR count). The average Bonchev–Trinajstić information content (AvgIpc) is 3.06. The maximum atomic E-state index is 13.6. The molecular weight excluding hydrogens is 293 g/mol. The lowest BCUT2D eigenvalue weighted by Gasteiger charge is -2.27. The Morgan fingerprint density at radius 1 is 1.30 bits per heavy atom. The number of halogens is 1.